The predicted molar refractivity (Wildman–Crippen MR) is 108 cm³/mol. The van der Waals surface area contributed by atoms with Crippen LogP contribution in [0.5, 0.6) is 5.75 Å². The van der Waals surface area contributed by atoms with E-state index in [4.69, 9.17) is 16.3 Å². The normalized spacial score (nSPS) is 19.0. The average molecular weight is 386 g/mol. The van der Waals surface area contributed by atoms with Gasteiger partial charge < -0.3 is 4.74 Å². The van der Waals surface area contributed by atoms with Crippen molar-refractivity contribution in [2.75, 3.05) is 12.1 Å². The Morgan fingerprint density at radius 3 is 2.74 bits per heavy atom. The van der Waals surface area contributed by atoms with Gasteiger partial charge in [0.05, 0.1) is 23.8 Å². The summed E-state index contributed by atoms with van der Waals surface area (Å²) in [4.78, 5) is 0. The molecule has 2 aliphatic rings. The summed E-state index contributed by atoms with van der Waals surface area (Å²) in [5.74, 6) is 0.750. The largest absolute Gasteiger partial charge is 0.497 e. The Hall–Kier alpha value is -2.47. The summed E-state index contributed by atoms with van der Waals surface area (Å²) in [7, 11) is 1.65. The lowest BCUT2D eigenvalue weighted by molar-refractivity contribution is 0.184. The zero-order valence-corrected chi connectivity index (χ0v) is 16.8. The molecule has 2 aromatic rings. The maximum atomic E-state index is 6.55. The Balaban J connectivity index is 1.73. The molecule has 0 saturated heterocycles. The maximum Gasteiger partial charge on any atom is 0.121 e. The number of methoxy groups -OCH3 is 1. The number of hydrogen-bond donors (Lipinski definition) is 0. The van der Waals surface area contributed by atoms with Crippen LogP contribution in [-0.4, -0.2) is 28.9 Å². The molecule has 2 aliphatic heterocycles. The molecule has 0 N–H and O–H groups in total. The highest BCUT2D eigenvalue weighted by Crippen LogP contribution is 2.35. The van der Waals surface area contributed by atoms with E-state index in [9.17, 15) is 0 Å². The molecule has 6 nitrogen and oxygen atoms in total. The molecular formula is C20H24ClN5O. The molecule has 1 aromatic heterocycles. The molecule has 0 fully saturated rings. The van der Waals surface area contributed by atoms with Crippen molar-refractivity contribution in [3.8, 4) is 5.75 Å². The van der Waals surface area contributed by atoms with Gasteiger partial charge in [-0.3, -0.25) is 14.7 Å². The summed E-state index contributed by atoms with van der Waals surface area (Å²) in [6, 6.07) is 6.36. The van der Waals surface area contributed by atoms with E-state index in [1.165, 1.54) is 0 Å². The van der Waals surface area contributed by atoms with Gasteiger partial charge in [0.25, 0.3) is 0 Å². The lowest BCUT2D eigenvalue weighted by atomic mass is 10.1. The second kappa shape index (κ2) is 6.93. The van der Waals surface area contributed by atoms with Crippen LogP contribution in [0.2, 0.25) is 5.02 Å². The second-order valence-electron chi connectivity index (χ2n) is 6.90. The zero-order chi connectivity index (χ0) is 19.1. The minimum Gasteiger partial charge on any atom is -0.497 e. The van der Waals surface area contributed by atoms with Crippen LogP contribution in [0.1, 0.15) is 33.6 Å². The van der Waals surface area contributed by atoms with E-state index in [1.54, 1.807) is 7.11 Å². The molecule has 142 valence electrons. The molecule has 7 heteroatoms. The van der Waals surface area contributed by atoms with Gasteiger partial charge in [-0.1, -0.05) is 30.7 Å². The van der Waals surface area contributed by atoms with E-state index in [0.717, 1.165) is 40.9 Å². The highest BCUT2D eigenvalue weighted by Gasteiger charge is 2.34. The van der Waals surface area contributed by atoms with Crippen LogP contribution in [0.4, 0.5) is 0 Å². The number of allylic oxidation sites excluding steroid dienone is 1. The van der Waals surface area contributed by atoms with Gasteiger partial charge in [-0.25, -0.2) is 0 Å². The molecule has 0 bridgehead atoms. The first-order valence-corrected chi connectivity index (χ1v) is 9.69. The third kappa shape index (κ3) is 2.88. The molecule has 1 aromatic carbocycles. The highest BCUT2D eigenvalue weighted by atomic mass is 35.5. The first-order chi connectivity index (χ1) is 13.1. The van der Waals surface area contributed by atoms with Crippen molar-refractivity contribution in [1.29, 1.82) is 0 Å². The Bertz CT molecular complexity index is 957. The molecule has 3 heterocycles. The monoisotopic (exact) mass is 385 g/mol. The summed E-state index contributed by atoms with van der Waals surface area (Å²) in [6.45, 7) is 6.48. The third-order valence-corrected chi connectivity index (χ3v) is 5.63. The SMILES string of the molecule is CCC(CC)N1N=NC2=CN(n3ccc4cc(OC)cc(Cl)c43)C(C)=CC21. The van der Waals surface area contributed by atoms with Crippen molar-refractivity contribution in [3.05, 3.63) is 53.1 Å². The average Bonchev–Trinajstić information content (AvgIpc) is 3.26. The molecule has 0 aliphatic carbocycles. The number of ether oxygens (including phenoxy) is 1. The van der Waals surface area contributed by atoms with Crippen molar-refractivity contribution in [2.24, 2.45) is 10.3 Å². The third-order valence-electron chi connectivity index (χ3n) is 5.34. The first kappa shape index (κ1) is 17.9. The fourth-order valence-corrected chi connectivity index (χ4v) is 4.13. The maximum absolute atomic E-state index is 6.55. The van der Waals surface area contributed by atoms with Gasteiger partial charge in [0.1, 0.15) is 17.5 Å². The van der Waals surface area contributed by atoms with E-state index >= 15 is 0 Å². The Morgan fingerprint density at radius 2 is 2.04 bits per heavy atom. The van der Waals surface area contributed by atoms with Crippen LogP contribution in [0.3, 0.4) is 0 Å². The number of nitrogens with zero attached hydrogens (tertiary/aromatic N) is 5. The van der Waals surface area contributed by atoms with Crippen LogP contribution in [0.15, 0.2) is 58.4 Å². The molecule has 1 unspecified atom stereocenters. The van der Waals surface area contributed by atoms with E-state index in [0.29, 0.717) is 11.1 Å². The van der Waals surface area contributed by atoms with Crippen molar-refractivity contribution in [2.45, 2.75) is 45.7 Å². The summed E-state index contributed by atoms with van der Waals surface area (Å²) in [6.07, 6.45) is 8.38. The molecular weight excluding hydrogens is 362 g/mol. The number of halogens is 1. The molecule has 27 heavy (non-hydrogen) atoms. The predicted octanol–water partition coefficient (Wildman–Crippen LogP) is 5.24. The molecule has 1 atom stereocenters. The van der Waals surface area contributed by atoms with Gasteiger partial charge in [-0.05, 0) is 38.0 Å². The minimum absolute atomic E-state index is 0.101. The fourth-order valence-electron chi connectivity index (χ4n) is 3.83. The van der Waals surface area contributed by atoms with Crippen LogP contribution >= 0.6 is 11.6 Å². The number of aromatic nitrogens is 1. The van der Waals surface area contributed by atoms with Crippen LogP contribution in [0, 0.1) is 0 Å². The summed E-state index contributed by atoms with van der Waals surface area (Å²) in [5.41, 5.74) is 2.99. The lowest BCUT2D eigenvalue weighted by Gasteiger charge is -2.33. The second-order valence-corrected chi connectivity index (χ2v) is 7.31. The zero-order valence-electron chi connectivity index (χ0n) is 16.1. The number of benzene rings is 1. The van der Waals surface area contributed by atoms with Gasteiger partial charge in [0.15, 0.2) is 0 Å². The first-order valence-electron chi connectivity index (χ1n) is 9.31. The molecule has 4 rings (SSSR count). The van der Waals surface area contributed by atoms with Crippen molar-refractivity contribution in [1.82, 2.24) is 9.69 Å². The Morgan fingerprint density at radius 1 is 1.26 bits per heavy atom. The quantitative estimate of drug-likeness (QED) is 0.706. The Kier molecular flexibility index (Phi) is 4.60. The molecule has 0 amide bonds. The van der Waals surface area contributed by atoms with E-state index in [2.05, 4.69) is 47.2 Å². The van der Waals surface area contributed by atoms with Gasteiger partial charge in [-0.2, -0.15) is 0 Å². The minimum atomic E-state index is 0.101. The van der Waals surface area contributed by atoms with E-state index < -0.39 is 0 Å². The molecule has 0 radical (unpaired) electrons. The van der Waals surface area contributed by atoms with Gasteiger partial charge >= 0.3 is 0 Å². The number of hydrogen-bond acceptors (Lipinski definition) is 5. The fraction of sp³-hybridized carbons (Fsp3) is 0.400. The smallest absolute Gasteiger partial charge is 0.121 e. The number of rotatable bonds is 5. The summed E-state index contributed by atoms with van der Waals surface area (Å²) >= 11 is 6.55. The van der Waals surface area contributed by atoms with Crippen LogP contribution in [0.25, 0.3) is 10.9 Å². The van der Waals surface area contributed by atoms with E-state index in [-0.39, 0.29) is 6.04 Å². The lowest BCUT2D eigenvalue weighted by Crippen LogP contribution is -2.40. The van der Waals surface area contributed by atoms with Gasteiger partial charge in [-0.15, -0.1) is 5.11 Å². The topological polar surface area (TPSA) is 45.4 Å². The van der Waals surface area contributed by atoms with Gasteiger partial charge in [0, 0.05) is 29.4 Å². The summed E-state index contributed by atoms with van der Waals surface area (Å²) in [5, 5.41) is 14.8. The molecule has 0 spiro atoms. The van der Waals surface area contributed by atoms with Crippen molar-refractivity contribution in [3.63, 3.8) is 0 Å². The van der Waals surface area contributed by atoms with Crippen molar-refractivity contribution >= 4 is 22.5 Å². The highest BCUT2D eigenvalue weighted by molar-refractivity contribution is 6.35. The Labute approximate surface area is 164 Å². The standard InChI is InChI=1S/C20H24ClN5O/c1-5-15(6-2)26-19-9-13(3)25(12-18(19)22-23-26)24-8-7-14-10-16(27-4)11-17(21)20(14)24/h7-12,15,19H,5-6H2,1-4H3. The van der Waals surface area contributed by atoms with Crippen LogP contribution < -0.4 is 9.75 Å². The van der Waals surface area contributed by atoms with Crippen LogP contribution in [-0.2, 0) is 0 Å². The number of fused-ring (bicyclic) bond motifs is 2. The van der Waals surface area contributed by atoms with Crippen molar-refractivity contribution < 1.29 is 4.74 Å². The molecule has 0 saturated carbocycles. The van der Waals surface area contributed by atoms with Gasteiger partial charge in [0.2, 0.25) is 0 Å². The van der Waals surface area contributed by atoms with E-state index in [1.807, 2.05) is 35.3 Å². The summed E-state index contributed by atoms with van der Waals surface area (Å²) < 4.78 is 7.37.